The number of hydrogen-bond acceptors (Lipinski definition) is 3. The molecule has 0 saturated heterocycles. The maximum Gasteiger partial charge on any atom is 0.0964 e. The predicted molar refractivity (Wildman–Crippen MR) is 222 cm³/mol. The van der Waals surface area contributed by atoms with Gasteiger partial charge < -0.3 is 9.47 Å². The molecule has 0 amide bonds. The van der Waals surface area contributed by atoms with E-state index in [0.717, 1.165) is 50.0 Å². The van der Waals surface area contributed by atoms with E-state index in [9.17, 15) is 0 Å². The number of para-hydroxylation sites is 3. The van der Waals surface area contributed by atoms with Crippen LogP contribution in [0.25, 0.3) is 71.6 Å². The molecular formula is C49H34N4. The van der Waals surface area contributed by atoms with Gasteiger partial charge in [0.05, 0.1) is 22.1 Å². The average Bonchev–Trinajstić information content (AvgIpc) is 3.55. The van der Waals surface area contributed by atoms with Crippen LogP contribution in [0.3, 0.4) is 0 Å². The third-order valence-corrected chi connectivity index (χ3v) is 10.4. The van der Waals surface area contributed by atoms with Gasteiger partial charge in [-0.05, 0) is 102 Å². The van der Waals surface area contributed by atoms with Crippen LogP contribution in [0.5, 0.6) is 0 Å². The van der Waals surface area contributed by atoms with Crippen LogP contribution in [0.4, 0.5) is 17.1 Å². The van der Waals surface area contributed by atoms with Crippen LogP contribution in [-0.2, 0) is 0 Å². The first-order valence-electron chi connectivity index (χ1n) is 18.0. The second-order valence-electron chi connectivity index (χ2n) is 13.6. The summed E-state index contributed by atoms with van der Waals surface area (Å²) in [6.45, 7) is 2.22. The minimum Gasteiger partial charge on any atom is -0.310 e. The normalized spacial score (nSPS) is 11.5. The molecule has 3 aromatic heterocycles. The van der Waals surface area contributed by atoms with E-state index >= 15 is 0 Å². The van der Waals surface area contributed by atoms with E-state index in [2.05, 4.69) is 191 Å². The van der Waals surface area contributed by atoms with E-state index in [1.807, 2.05) is 18.5 Å². The van der Waals surface area contributed by atoms with E-state index in [1.54, 1.807) is 0 Å². The Hall–Kier alpha value is -7.04. The number of fused-ring (bicyclic) bond motifs is 6. The van der Waals surface area contributed by atoms with Crippen LogP contribution in [-0.4, -0.2) is 14.5 Å². The van der Waals surface area contributed by atoms with Crippen LogP contribution in [0.15, 0.2) is 188 Å². The summed E-state index contributed by atoms with van der Waals surface area (Å²) in [5, 5.41) is 4.65. The molecule has 0 bridgehead atoms. The van der Waals surface area contributed by atoms with Crippen molar-refractivity contribution in [3.63, 3.8) is 0 Å². The molecule has 0 spiro atoms. The quantitative estimate of drug-likeness (QED) is 0.164. The number of benzene rings is 7. The Balaban J connectivity index is 1.01. The summed E-state index contributed by atoms with van der Waals surface area (Å²) >= 11 is 0. The number of aromatic nitrogens is 3. The highest BCUT2D eigenvalue weighted by Crippen LogP contribution is 2.40. The maximum atomic E-state index is 4.83. The molecule has 250 valence electrons. The highest BCUT2D eigenvalue weighted by atomic mass is 15.1. The number of anilines is 3. The summed E-state index contributed by atoms with van der Waals surface area (Å²) < 4.78 is 2.41. The molecule has 4 nitrogen and oxygen atoms in total. The molecule has 0 fully saturated rings. The van der Waals surface area contributed by atoms with Gasteiger partial charge in [-0.15, -0.1) is 0 Å². The Morgan fingerprint density at radius 1 is 0.434 bits per heavy atom. The van der Waals surface area contributed by atoms with Gasteiger partial charge in [-0.2, -0.15) is 0 Å². The zero-order valence-corrected chi connectivity index (χ0v) is 29.2. The van der Waals surface area contributed by atoms with Gasteiger partial charge in [-0.25, -0.2) is 0 Å². The molecule has 0 aliphatic carbocycles. The van der Waals surface area contributed by atoms with Crippen molar-refractivity contribution in [3.8, 4) is 27.9 Å². The minimum absolute atomic E-state index is 0.934. The highest BCUT2D eigenvalue weighted by molar-refractivity contribution is 6.11. The molecule has 0 radical (unpaired) electrons. The molecule has 53 heavy (non-hydrogen) atoms. The summed E-state index contributed by atoms with van der Waals surface area (Å²) in [5.74, 6) is 0. The standard InChI is InChI=1S/C49H34N4/c1-33-29-37(34-18-20-35(21-19-34)39-30-38-23-22-36-11-10-28-50-48(36)49(38)51-32-39)24-26-45(33)53-46-17-9-8-16-43(46)44-31-42(25-27-47(44)53)52(40-12-4-2-5-13-40)41-14-6-3-7-15-41/h2-32H,1H3. The number of hydrogen-bond donors (Lipinski definition) is 0. The van der Waals surface area contributed by atoms with Crippen molar-refractivity contribution in [2.45, 2.75) is 6.92 Å². The molecule has 0 saturated carbocycles. The first-order chi connectivity index (χ1) is 26.2. The molecule has 10 aromatic rings. The van der Waals surface area contributed by atoms with Crippen LogP contribution < -0.4 is 4.90 Å². The fourth-order valence-electron chi connectivity index (χ4n) is 7.80. The molecule has 0 unspecified atom stereocenters. The van der Waals surface area contributed by atoms with Crippen molar-refractivity contribution in [3.05, 3.63) is 194 Å². The third kappa shape index (κ3) is 5.31. The summed E-state index contributed by atoms with van der Waals surface area (Å²) in [7, 11) is 0. The van der Waals surface area contributed by atoms with Crippen molar-refractivity contribution in [1.29, 1.82) is 0 Å². The second-order valence-corrected chi connectivity index (χ2v) is 13.6. The molecular weight excluding hydrogens is 645 g/mol. The fraction of sp³-hybridized carbons (Fsp3) is 0.0204. The van der Waals surface area contributed by atoms with Crippen molar-refractivity contribution in [2.75, 3.05) is 4.90 Å². The van der Waals surface area contributed by atoms with E-state index in [0.29, 0.717) is 0 Å². The Kier molecular flexibility index (Phi) is 7.33. The largest absolute Gasteiger partial charge is 0.310 e. The predicted octanol–water partition coefficient (Wildman–Crippen LogP) is 13.0. The number of nitrogens with zero attached hydrogens (tertiary/aromatic N) is 4. The van der Waals surface area contributed by atoms with Gasteiger partial charge in [0.1, 0.15) is 0 Å². The smallest absolute Gasteiger partial charge is 0.0964 e. The van der Waals surface area contributed by atoms with Gasteiger partial charge in [-0.1, -0.05) is 103 Å². The van der Waals surface area contributed by atoms with Crippen molar-refractivity contribution >= 4 is 60.7 Å². The molecule has 3 heterocycles. The molecule has 10 rings (SSSR count). The SMILES string of the molecule is Cc1cc(-c2ccc(-c3cnc4c(ccc5cccnc54)c3)cc2)ccc1-n1c2ccccc2c2cc(N(c3ccccc3)c3ccccc3)ccc21. The Morgan fingerprint density at radius 3 is 1.83 bits per heavy atom. The lowest BCUT2D eigenvalue weighted by Crippen LogP contribution is -2.09. The lowest BCUT2D eigenvalue weighted by molar-refractivity contribution is 1.15. The van der Waals surface area contributed by atoms with E-state index in [1.165, 1.54) is 44.2 Å². The maximum absolute atomic E-state index is 4.83. The van der Waals surface area contributed by atoms with Gasteiger partial charge in [0, 0.05) is 62.3 Å². The molecule has 0 N–H and O–H groups in total. The summed E-state index contributed by atoms with van der Waals surface area (Å²) in [6.07, 6.45) is 3.79. The van der Waals surface area contributed by atoms with Crippen molar-refractivity contribution in [1.82, 2.24) is 14.5 Å². The summed E-state index contributed by atoms with van der Waals surface area (Å²) in [4.78, 5) is 11.7. The first kappa shape index (κ1) is 30.8. The number of rotatable bonds is 6. The molecule has 7 aromatic carbocycles. The summed E-state index contributed by atoms with van der Waals surface area (Å²) in [5.41, 5.74) is 14.6. The Labute approximate surface area is 307 Å². The Bertz CT molecular complexity index is 2910. The van der Waals surface area contributed by atoms with Gasteiger partial charge in [0.15, 0.2) is 0 Å². The second kappa shape index (κ2) is 12.6. The van der Waals surface area contributed by atoms with Crippen LogP contribution in [0.1, 0.15) is 5.56 Å². The molecule has 0 aliphatic heterocycles. The van der Waals surface area contributed by atoms with E-state index < -0.39 is 0 Å². The van der Waals surface area contributed by atoms with Crippen molar-refractivity contribution < 1.29 is 0 Å². The third-order valence-electron chi connectivity index (χ3n) is 10.4. The van der Waals surface area contributed by atoms with Gasteiger partial charge in [0.25, 0.3) is 0 Å². The molecule has 0 atom stereocenters. The zero-order valence-electron chi connectivity index (χ0n) is 29.2. The van der Waals surface area contributed by atoms with Crippen LogP contribution in [0.2, 0.25) is 0 Å². The lowest BCUT2D eigenvalue weighted by atomic mass is 9.98. The summed E-state index contributed by atoms with van der Waals surface area (Å²) in [6, 6.07) is 62.9. The van der Waals surface area contributed by atoms with Crippen molar-refractivity contribution in [2.24, 2.45) is 0 Å². The van der Waals surface area contributed by atoms with Gasteiger partial charge in [0.2, 0.25) is 0 Å². The highest BCUT2D eigenvalue weighted by Gasteiger charge is 2.18. The zero-order chi connectivity index (χ0) is 35.3. The van der Waals surface area contributed by atoms with Crippen LogP contribution in [0, 0.1) is 6.92 Å². The monoisotopic (exact) mass is 678 g/mol. The number of aryl methyl sites for hydroxylation is 1. The molecule has 4 heteroatoms. The topological polar surface area (TPSA) is 34.0 Å². The molecule has 0 aliphatic rings. The fourth-order valence-corrected chi connectivity index (χ4v) is 7.80. The van der Waals surface area contributed by atoms with Gasteiger partial charge >= 0.3 is 0 Å². The lowest BCUT2D eigenvalue weighted by Gasteiger charge is -2.25. The average molecular weight is 679 g/mol. The first-order valence-corrected chi connectivity index (χ1v) is 18.0. The van der Waals surface area contributed by atoms with Gasteiger partial charge in [-0.3, -0.25) is 9.97 Å². The van der Waals surface area contributed by atoms with E-state index in [4.69, 9.17) is 4.98 Å². The Morgan fingerprint density at radius 2 is 1.08 bits per heavy atom. The minimum atomic E-state index is 0.934. The van der Waals surface area contributed by atoms with Crippen LogP contribution >= 0.6 is 0 Å². The number of pyridine rings is 2. The van der Waals surface area contributed by atoms with E-state index in [-0.39, 0.29) is 0 Å².